The fraction of sp³-hybridized carbons (Fsp3) is 0.111. The van der Waals surface area contributed by atoms with E-state index in [0.29, 0.717) is 22.5 Å². The summed E-state index contributed by atoms with van der Waals surface area (Å²) in [7, 11) is 1.32. The zero-order chi connectivity index (χ0) is 17.3. The number of amides is 1. The minimum atomic E-state index is -0.513. The van der Waals surface area contributed by atoms with Gasteiger partial charge in [-0.25, -0.2) is 4.79 Å². The summed E-state index contributed by atoms with van der Waals surface area (Å²) in [6, 6.07) is 11.2. The average molecular weight is 404 g/mol. The lowest BCUT2D eigenvalue weighted by molar-refractivity contribution is -0.136. The first kappa shape index (κ1) is 16.7. The summed E-state index contributed by atoms with van der Waals surface area (Å²) < 4.78 is 5.75. The van der Waals surface area contributed by atoms with Gasteiger partial charge in [0.25, 0.3) is 5.91 Å². The van der Waals surface area contributed by atoms with Crippen molar-refractivity contribution in [2.75, 3.05) is 12.0 Å². The first-order valence-corrected chi connectivity index (χ1v) is 8.85. The van der Waals surface area contributed by atoms with E-state index in [1.165, 1.54) is 23.3 Å². The lowest BCUT2D eigenvalue weighted by atomic mass is 10.1. The van der Waals surface area contributed by atoms with E-state index < -0.39 is 5.97 Å². The van der Waals surface area contributed by atoms with Crippen LogP contribution in [0.25, 0.3) is 6.08 Å². The maximum absolute atomic E-state index is 13.0. The number of hydrogen-bond acceptors (Lipinski definition) is 4. The van der Waals surface area contributed by atoms with Crippen LogP contribution in [0.5, 0.6) is 0 Å². The molecule has 1 aromatic carbocycles. The zero-order valence-electron chi connectivity index (χ0n) is 13.1. The van der Waals surface area contributed by atoms with E-state index in [9.17, 15) is 9.59 Å². The maximum atomic E-state index is 13.0. The number of methoxy groups -OCH3 is 1. The van der Waals surface area contributed by atoms with Crippen LogP contribution in [-0.2, 0) is 14.3 Å². The van der Waals surface area contributed by atoms with Gasteiger partial charge in [0.1, 0.15) is 0 Å². The first-order chi connectivity index (χ1) is 11.5. The topological polar surface area (TPSA) is 46.6 Å². The molecule has 1 aliphatic heterocycles. The summed E-state index contributed by atoms with van der Waals surface area (Å²) in [6.45, 7) is 1.75. The molecule has 1 aliphatic rings. The Bertz CT molecular complexity index is 868. The van der Waals surface area contributed by atoms with Crippen LogP contribution >= 0.6 is 27.3 Å². The molecule has 0 saturated heterocycles. The third-order valence-corrected chi connectivity index (χ3v) is 5.00. The molecule has 24 heavy (non-hydrogen) atoms. The van der Waals surface area contributed by atoms with Gasteiger partial charge in [-0.15, -0.1) is 11.3 Å². The van der Waals surface area contributed by atoms with Gasteiger partial charge in [0.2, 0.25) is 0 Å². The van der Waals surface area contributed by atoms with Gasteiger partial charge in [-0.2, -0.15) is 0 Å². The minimum absolute atomic E-state index is 0.237. The summed E-state index contributed by atoms with van der Waals surface area (Å²) in [6.07, 6.45) is 1.74. The highest BCUT2D eigenvalue weighted by atomic mass is 79.9. The maximum Gasteiger partial charge on any atom is 0.340 e. The standard InChI is InChI=1S/C18H14BrNO3S/c1-11-16(18(22)23-2)15(10-14-7-4-8-24-14)17(21)20(11)13-6-3-5-12(19)9-13/h3-10H,1-2H3. The normalized spacial score (nSPS) is 16.2. The van der Waals surface area contributed by atoms with E-state index in [4.69, 9.17) is 4.74 Å². The molecule has 0 saturated carbocycles. The van der Waals surface area contributed by atoms with Crippen molar-refractivity contribution in [3.63, 3.8) is 0 Å². The quantitative estimate of drug-likeness (QED) is 0.563. The number of hydrogen-bond donors (Lipinski definition) is 0. The second kappa shape index (κ2) is 6.75. The van der Waals surface area contributed by atoms with Crippen LogP contribution in [0.15, 0.2) is 63.1 Å². The van der Waals surface area contributed by atoms with E-state index in [2.05, 4.69) is 15.9 Å². The van der Waals surface area contributed by atoms with Crippen molar-refractivity contribution in [1.29, 1.82) is 0 Å². The summed E-state index contributed by atoms with van der Waals surface area (Å²) in [4.78, 5) is 27.7. The van der Waals surface area contributed by atoms with Crippen molar-refractivity contribution in [1.82, 2.24) is 0 Å². The molecule has 0 bridgehead atoms. The Morgan fingerprint density at radius 2 is 2.08 bits per heavy atom. The van der Waals surface area contributed by atoms with Crippen LogP contribution in [0.3, 0.4) is 0 Å². The Kier molecular flexibility index (Phi) is 4.69. The van der Waals surface area contributed by atoms with Gasteiger partial charge in [0, 0.05) is 15.0 Å². The van der Waals surface area contributed by atoms with Crippen LogP contribution in [-0.4, -0.2) is 19.0 Å². The number of carbonyl (C=O) groups is 2. The van der Waals surface area contributed by atoms with Crippen LogP contribution in [0.2, 0.25) is 0 Å². The Morgan fingerprint density at radius 3 is 2.71 bits per heavy atom. The molecule has 3 rings (SSSR count). The molecule has 0 atom stereocenters. The Hall–Kier alpha value is -2.18. The highest BCUT2D eigenvalue weighted by Crippen LogP contribution is 2.36. The number of anilines is 1. The van der Waals surface area contributed by atoms with Crippen molar-refractivity contribution in [2.45, 2.75) is 6.92 Å². The second-order valence-electron chi connectivity index (χ2n) is 5.15. The third-order valence-electron chi connectivity index (χ3n) is 3.69. The fourth-order valence-electron chi connectivity index (χ4n) is 2.62. The monoisotopic (exact) mass is 403 g/mol. The molecular formula is C18H14BrNO3S. The van der Waals surface area contributed by atoms with Crippen molar-refractivity contribution >= 4 is 50.9 Å². The SMILES string of the molecule is COC(=O)C1=C(C)N(c2cccc(Br)c2)C(=O)C1=Cc1cccs1. The molecule has 6 heteroatoms. The summed E-state index contributed by atoms with van der Waals surface area (Å²) in [5.74, 6) is -0.749. The second-order valence-corrected chi connectivity index (χ2v) is 7.04. The highest BCUT2D eigenvalue weighted by molar-refractivity contribution is 9.10. The molecular weight excluding hydrogens is 390 g/mol. The molecule has 122 valence electrons. The number of rotatable bonds is 3. The van der Waals surface area contributed by atoms with Gasteiger partial charge in [-0.1, -0.05) is 28.1 Å². The third kappa shape index (κ3) is 2.95. The van der Waals surface area contributed by atoms with Gasteiger partial charge in [-0.05, 0) is 42.6 Å². The zero-order valence-corrected chi connectivity index (χ0v) is 15.5. The van der Waals surface area contributed by atoms with Crippen molar-refractivity contribution in [3.8, 4) is 0 Å². The average Bonchev–Trinajstić information content (AvgIpc) is 3.14. The summed E-state index contributed by atoms with van der Waals surface area (Å²) in [5.41, 5.74) is 1.91. The van der Waals surface area contributed by atoms with Gasteiger partial charge < -0.3 is 4.74 Å². The van der Waals surface area contributed by atoms with Crippen LogP contribution in [0.4, 0.5) is 5.69 Å². The van der Waals surface area contributed by atoms with E-state index in [-0.39, 0.29) is 5.91 Å². The number of ether oxygens (including phenoxy) is 1. The molecule has 1 aromatic heterocycles. The van der Waals surface area contributed by atoms with Gasteiger partial charge >= 0.3 is 5.97 Å². The number of allylic oxidation sites excluding steroid dienone is 1. The number of thiophene rings is 1. The number of halogens is 1. The van der Waals surface area contributed by atoms with Crippen molar-refractivity contribution in [3.05, 3.63) is 68.0 Å². The Balaban J connectivity index is 2.15. The lowest BCUT2D eigenvalue weighted by Crippen LogP contribution is -2.24. The minimum Gasteiger partial charge on any atom is -0.465 e. The molecule has 1 amide bonds. The summed E-state index contributed by atoms with van der Waals surface area (Å²) >= 11 is 4.92. The van der Waals surface area contributed by atoms with E-state index in [1.807, 2.05) is 41.8 Å². The first-order valence-electron chi connectivity index (χ1n) is 7.17. The van der Waals surface area contributed by atoms with Crippen LogP contribution in [0, 0.1) is 0 Å². The lowest BCUT2D eigenvalue weighted by Gasteiger charge is -2.18. The number of benzene rings is 1. The van der Waals surface area contributed by atoms with E-state index in [1.54, 1.807) is 13.0 Å². The number of carbonyl (C=O) groups excluding carboxylic acids is 2. The van der Waals surface area contributed by atoms with Crippen LogP contribution in [0.1, 0.15) is 11.8 Å². The predicted octanol–water partition coefficient (Wildman–Crippen LogP) is 4.39. The molecule has 0 aliphatic carbocycles. The van der Waals surface area contributed by atoms with Gasteiger partial charge in [0.05, 0.1) is 23.9 Å². The molecule has 2 aromatic rings. The predicted molar refractivity (Wildman–Crippen MR) is 98.6 cm³/mol. The summed E-state index contributed by atoms with van der Waals surface area (Å²) in [5, 5.41) is 1.92. The molecule has 4 nitrogen and oxygen atoms in total. The van der Waals surface area contributed by atoms with E-state index >= 15 is 0 Å². The molecule has 0 spiro atoms. The largest absolute Gasteiger partial charge is 0.465 e. The molecule has 0 N–H and O–H groups in total. The number of nitrogens with zero attached hydrogens (tertiary/aromatic N) is 1. The van der Waals surface area contributed by atoms with Gasteiger partial charge in [0.15, 0.2) is 0 Å². The molecule has 0 fully saturated rings. The Labute approximate surface area is 152 Å². The van der Waals surface area contributed by atoms with Gasteiger partial charge in [-0.3, -0.25) is 9.69 Å². The van der Waals surface area contributed by atoms with Crippen molar-refractivity contribution in [2.24, 2.45) is 0 Å². The number of esters is 1. The molecule has 0 unspecified atom stereocenters. The Morgan fingerprint density at radius 1 is 1.29 bits per heavy atom. The molecule has 2 heterocycles. The van der Waals surface area contributed by atoms with Crippen LogP contribution < -0.4 is 4.90 Å². The fourth-order valence-corrected chi connectivity index (χ4v) is 3.67. The molecule has 0 radical (unpaired) electrons. The highest BCUT2D eigenvalue weighted by Gasteiger charge is 2.37. The smallest absolute Gasteiger partial charge is 0.340 e. The van der Waals surface area contributed by atoms with E-state index in [0.717, 1.165) is 9.35 Å². The van der Waals surface area contributed by atoms with Crippen molar-refractivity contribution < 1.29 is 14.3 Å².